The summed E-state index contributed by atoms with van der Waals surface area (Å²) in [5, 5.41) is 3.24. The third-order valence-corrected chi connectivity index (χ3v) is 8.09. The van der Waals surface area contributed by atoms with E-state index in [4.69, 9.17) is 28.4 Å². The number of benzene rings is 3. The third kappa shape index (κ3) is 6.79. The quantitative estimate of drug-likeness (QED) is 0.323. The standard InChI is InChI=1S/C34H40N2O8/c1-39-25-16-14-22(15-17-25)20-36(34(38)30-21-43-26-12-8-9-13-27(26)44-30)31(33(37)35-24-10-6-5-7-11-24)23-18-28(40-2)32(42-4)29(19-23)41-3/h8-9,12-19,24,30-31H,5-7,10-11,20-21H2,1-4H3,(H,35,37)/t30-,31-/m1/s1. The molecule has 2 atom stereocenters. The molecule has 10 nitrogen and oxygen atoms in total. The molecule has 0 bridgehead atoms. The minimum absolute atomic E-state index is 0.00117. The fourth-order valence-corrected chi connectivity index (χ4v) is 5.81. The molecule has 0 saturated heterocycles. The molecular weight excluding hydrogens is 564 g/mol. The predicted molar refractivity (Wildman–Crippen MR) is 164 cm³/mol. The van der Waals surface area contributed by atoms with E-state index in [1.54, 1.807) is 36.3 Å². The van der Waals surface area contributed by atoms with Crippen LogP contribution in [0.15, 0.2) is 60.7 Å². The minimum Gasteiger partial charge on any atom is -0.497 e. The second kappa shape index (κ2) is 14.2. The molecule has 1 heterocycles. The van der Waals surface area contributed by atoms with Crippen LogP contribution < -0.4 is 33.7 Å². The lowest BCUT2D eigenvalue weighted by molar-refractivity contribution is -0.149. The number of nitrogens with zero attached hydrogens (tertiary/aromatic N) is 1. The maximum atomic E-state index is 14.5. The summed E-state index contributed by atoms with van der Waals surface area (Å²) < 4.78 is 34.2. The number of ether oxygens (including phenoxy) is 6. The van der Waals surface area contributed by atoms with Crippen molar-refractivity contribution < 1.29 is 38.0 Å². The van der Waals surface area contributed by atoms with Gasteiger partial charge in [0, 0.05) is 12.6 Å². The highest BCUT2D eigenvalue weighted by atomic mass is 16.6. The van der Waals surface area contributed by atoms with Crippen molar-refractivity contribution >= 4 is 11.8 Å². The van der Waals surface area contributed by atoms with E-state index >= 15 is 0 Å². The van der Waals surface area contributed by atoms with Gasteiger partial charge in [-0.3, -0.25) is 9.59 Å². The Morgan fingerprint density at radius 3 is 2.14 bits per heavy atom. The summed E-state index contributed by atoms with van der Waals surface area (Å²) in [4.78, 5) is 30.4. The van der Waals surface area contributed by atoms with Crippen LogP contribution in [0.1, 0.15) is 49.3 Å². The molecule has 0 spiro atoms. The van der Waals surface area contributed by atoms with Gasteiger partial charge in [0.15, 0.2) is 23.0 Å². The second-order valence-corrected chi connectivity index (χ2v) is 10.9. The second-order valence-electron chi connectivity index (χ2n) is 10.9. The first-order valence-electron chi connectivity index (χ1n) is 14.9. The Morgan fingerprint density at radius 2 is 1.52 bits per heavy atom. The number of methoxy groups -OCH3 is 4. The van der Waals surface area contributed by atoms with Crippen LogP contribution in [0.2, 0.25) is 0 Å². The van der Waals surface area contributed by atoms with Gasteiger partial charge in [-0.1, -0.05) is 43.5 Å². The molecule has 2 amide bonds. The largest absolute Gasteiger partial charge is 0.497 e. The number of amides is 2. The molecule has 1 fully saturated rings. The normalized spacial score (nSPS) is 16.8. The van der Waals surface area contributed by atoms with Gasteiger partial charge < -0.3 is 38.6 Å². The summed E-state index contributed by atoms with van der Waals surface area (Å²) >= 11 is 0. The van der Waals surface area contributed by atoms with Gasteiger partial charge in [0.1, 0.15) is 18.4 Å². The fraction of sp³-hybridized carbons (Fsp3) is 0.412. The summed E-state index contributed by atoms with van der Waals surface area (Å²) in [6.07, 6.45) is 4.02. The molecule has 10 heteroatoms. The topological polar surface area (TPSA) is 105 Å². The lowest BCUT2D eigenvalue weighted by atomic mass is 9.94. The highest BCUT2D eigenvalue weighted by molar-refractivity contribution is 5.91. The van der Waals surface area contributed by atoms with Crippen LogP contribution in [0.5, 0.6) is 34.5 Å². The Kier molecular flexibility index (Phi) is 9.99. The third-order valence-electron chi connectivity index (χ3n) is 8.09. The Balaban J connectivity index is 1.59. The van der Waals surface area contributed by atoms with Crippen molar-refractivity contribution in [1.29, 1.82) is 0 Å². The monoisotopic (exact) mass is 604 g/mol. The van der Waals surface area contributed by atoms with E-state index in [0.29, 0.717) is 40.1 Å². The van der Waals surface area contributed by atoms with E-state index in [2.05, 4.69) is 5.32 Å². The van der Waals surface area contributed by atoms with Crippen LogP contribution in [0, 0.1) is 0 Å². The lowest BCUT2D eigenvalue weighted by Crippen LogP contribution is -2.52. The lowest BCUT2D eigenvalue weighted by Gasteiger charge is -2.36. The highest BCUT2D eigenvalue weighted by Gasteiger charge is 2.39. The first-order valence-corrected chi connectivity index (χ1v) is 14.9. The average molecular weight is 605 g/mol. The molecule has 5 rings (SSSR count). The van der Waals surface area contributed by atoms with Gasteiger partial charge >= 0.3 is 0 Å². The Labute approximate surface area is 258 Å². The molecule has 0 radical (unpaired) electrons. The van der Waals surface area contributed by atoms with Gasteiger partial charge in [0.25, 0.3) is 5.91 Å². The summed E-state index contributed by atoms with van der Waals surface area (Å²) in [6.45, 7) is 0.116. The van der Waals surface area contributed by atoms with Crippen molar-refractivity contribution in [3.63, 3.8) is 0 Å². The summed E-state index contributed by atoms with van der Waals surface area (Å²) in [5.41, 5.74) is 1.31. The molecular formula is C34H40N2O8. The van der Waals surface area contributed by atoms with Gasteiger partial charge in [-0.15, -0.1) is 0 Å². The van der Waals surface area contributed by atoms with Crippen LogP contribution in [-0.2, 0) is 16.1 Å². The molecule has 44 heavy (non-hydrogen) atoms. The molecule has 2 aliphatic rings. The van der Waals surface area contributed by atoms with Crippen LogP contribution in [0.4, 0.5) is 0 Å². The van der Waals surface area contributed by atoms with Crippen LogP contribution in [0.25, 0.3) is 0 Å². The smallest absolute Gasteiger partial charge is 0.268 e. The van der Waals surface area contributed by atoms with Crippen molar-refractivity contribution in [2.45, 2.75) is 56.8 Å². The zero-order chi connectivity index (χ0) is 31.1. The molecule has 1 N–H and O–H groups in total. The molecule has 3 aromatic rings. The predicted octanol–water partition coefficient (Wildman–Crippen LogP) is 5.08. The number of carbonyl (C=O) groups is 2. The van der Waals surface area contributed by atoms with Crippen LogP contribution >= 0.6 is 0 Å². The Bertz CT molecular complexity index is 1410. The van der Waals surface area contributed by atoms with E-state index in [0.717, 1.165) is 37.7 Å². The summed E-state index contributed by atoms with van der Waals surface area (Å²) in [5.74, 6) is 2.16. The molecule has 3 aromatic carbocycles. The summed E-state index contributed by atoms with van der Waals surface area (Å²) in [6, 6.07) is 17.0. The molecule has 1 saturated carbocycles. The highest BCUT2D eigenvalue weighted by Crippen LogP contribution is 2.42. The van der Waals surface area contributed by atoms with Crippen molar-refractivity contribution in [1.82, 2.24) is 10.2 Å². The Morgan fingerprint density at radius 1 is 0.864 bits per heavy atom. The van der Waals surface area contributed by atoms with Crippen molar-refractivity contribution in [2.75, 3.05) is 35.0 Å². The first-order chi connectivity index (χ1) is 21.4. The van der Waals surface area contributed by atoms with Gasteiger partial charge in [0.2, 0.25) is 17.8 Å². The van der Waals surface area contributed by atoms with E-state index in [1.165, 1.54) is 21.3 Å². The number of hydrogen-bond donors (Lipinski definition) is 1. The maximum absolute atomic E-state index is 14.5. The molecule has 234 valence electrons. The van der Waals surface area contributed by atoms with E-state index in [1.807, 2.05) is 36.4 Å². The van der Waals surface area contributed by atoms with E-state index in [9.17, 15) is 9.59 Å². The van der Waals surface area contributed by atoms with Crippen molar-refractivity contribution in [3.8, 4) is 34.5 Å². The first kappa shape index (κ1) is 30.8. The number of rotatable bonds is 11. The van der Waals surface area contributed by atoms with Gasteiger partial charge in [-0.05, 0) is 60.4 Å². The number of para-hydroxylation sites is 2. The molecule has 0 aromatic heterocycles. The van der Waals surface area contributed by atoms with Crippen LogP contribution in [0.3, 0.4) is 0 Å². The molecule has 1 aliphatic heterocycles. The Hall–Kier alpha value is -4.60. The molecule has 1 aliphatic carbocycles. The van der Waals surface area contributed by atoms with Gasteiger partial charge in [-0.25, -0.2) is 0 Å². The number of fused-ring (bicyclic) bond motifs is 1. The maximum Gasteiger partial charge on any atom is 0.268 e. The summed E-state index contributed by atoms with van der Waals surface area (Å²) in [7, 11) is 6.15. The fourth-order valence-electron chi connectivity index (χ4n) is 5.81. The zero-order valence-corrected chi connectivity index (χ0v) is 25.7. The van der Waals surface area contributed by atoms with Crippen molar-refractivity contribution in [3.05, 3.63) is 71.8 Å². The van der Waals surface area contributed by atoms with Crippen molar-refractivity contribution in [2.24, 2.45) is 0 Å². The number of carbonyl (C=O) groups excluding carboxylic acids is 2. The SMILES string of the molecule is COc1ccc(CN(C(=O)[C@H]2COc3ccccc3O2)[C@@H](C(=O)NC2CCCCC2)c2cc(OC)c(OC)c(OC)c2)cc1. The number of nitrogens with one attached hydrogen (secondary N) is 1. The number of hydrogen-bond acceptors (Lipinski definition) is 8. The zero-order valence-electron chi connectivity index (χ0n) is 25.7. The van der Waals surface area contributed by atoms with Crippen LogP contribution in [-0.4, -0.2) is 63.9 Å². The van der Waals surface area contributed by atoms with E-state index < -0.39 is 18.1 Å². The average Bonchev–Trinajstić information content (AvgIpc) is 3.07. The van der Waals surface area contributed by atoms with Gasteiger partial charge in [0.05, 0.1) is 28.4 Å². The van der Waals surface area contributed by atoms with E-state index in [-0.39, 0.29) is 25.1 Å². The van der Waals surface area contributed by atoms with Gasteiger partial charge in [-0.2, -0.15) is 0 Å². The molecule has 0 unspecified atom stereocenters. The minimum atomic E-state index is -1.05.